The predicted molar refractivity (Wildman–Crippen MR) is 64.6 cm³/mol. The van der Waals surface area contributed by atoms with Crippen LogP contribution in [0.4, 0.5) is 0 Å². The van der Waals surface area contributed by atoms with Gasteiger partial charge in [-0.15, -0.1) is 0 Å². The number of amides is 1. The highest BCUT2D eigenvalue weighted by Crippen LogP contribution is 2.07. The summed E-state index contributed by atoms with van der Waals surface area (Å²) in [5, 5.41) is 11.5. The molecule has 0 aromatic carbocycles. The van der Waals surface area contributed by atoms with Gasteiger partial charge in [-0.3, -0.25) is 4.79 Å². The minimum Gasteiger partial charge on any atom is -0.480 e. The normalized spacial score (nSPS) is 12.1. The van der Waals surface area contributed by atoms with E-state index in [9.17, 15) is 9.59 Å². The van der Waals surface area contributed by atoms with E-state index >= 15 is 0 Å². The molecule has 1 amide bonds. The summed E-state index contributed by atoms with van der Waals surface area (Å²) in [5.74, 6) is -1.00. The van der Waals surface area contributed by atoms with E-state index in [4.69, 9.17) is 9.52 Å². The lowest BCUT2D eigenvalue weighted by Gasteiger charge is -2.12. The second kappa shape index (κ2) is 5.38. The Bertz CT molecular complexity index is 574. The second-order valence-electron chi connectivity index (χ2n) is 4.09. The van der Waals surface area contributed by atoms with Gasteiger partial charge in [0.1, 0.15) is 18.1 Å². The molecule has 2 aromatic heterocycles. The van der Waals surface area contributed by atoms with Crippen LogP contribution in [0.3, 0.4) is 0 Å². The molecule has 7 nitrogen and oxygen atoms in total. The minimum absolute atomic E-state index is 0.137. The highest BCUT2D eigenvalue weighted by atomic mass is 16.4. The number of rotatable bonds is 5. The monoisotopic (exact) mass is 263 g/mol. The molecule has 0 saturated heterocycles. The second-order valence-corrected chi connectivity index (χ2v) is 4.09. The zero-order chi connectivity index (χ0) is 13.8. The van der Waals surface area contributed by atoms with Gasteiger partial charge in [-0.05, 0) is 13.0 Å². The van der Waals surface area contributed by atoms with E-state index in [-0.39, 0.29) is 6.42 Å². The van der Waals surface area contributed by atoms with Crippen LogP contribution in [0.1, 0.15) is 21.8 Å². The van der Waals surface area contributed by atoms with Gasteiger partial charge in [0.25, 0.3) is 5.91 Å². The highest BCUT2D eigenvalue weighted by molar-refractivity contribution is 5.96. The Hall–Kier alpha value is -2.57. The number of hydrogen-bond donors (Lipinski definition) is 3. The van der Waals surface area contributed by atoms with Gasteiger partial charge >= 0.3 is 5.97 Å². The zero-order valence-electron chi connectivity index (χ0n) is 10.2. The van der Waals surface area contributed by atoms with E-state index in [0.29, 0.717) is 17.0 Å². The van der Waals surface area contributed by atoms with Crippen LogP contribution in [0, 0.1) is 6.92 Å². The average molecular weight is 263 g/mol. The van der Waals surface area contributed by atoms with Gasteiger partial charge in [0.2, 0.25) is 0 Å². The fraction of sp³-hybridized carbons (Fsp3) is 0.250. The van der Waals surface area contributed by atoms with Gasteiger partial charge in [0.15, 0.2) is 0 Å². The molecule has 0 fully saturated rings. The Labute approximate surface area is 108 Å². The lowest BCUT2D eigenvalue weighted by Crippen LogP contribution is -2.42. The van der Waals surface area contributed by atoms with Crippen molar-refractivity contribution in [3.05, 3.63) is 41.9 Å². The minimum atomic E-state index is -1.11. The maximum absolute atomic E-state index is 11.8. The Morgan fingerprint density at radius 2 is 2.37 bits per heavy atom. The van der Waals surface area contributed by atoms with Crippen molar-refractivity contribution in [3.63, 3.8) is 0 Å². The Morgan fingerprint density at radius 3 is 2.89 bits per heavy atom. The largest absolute Gasteiger partial charge is 0.480 e. The molecule has 2 aromatic rings. The van der Waals surface area contributed by atoms with Gasteiger partial charge in [0, 0.05) is 18.3 Å². The predicted octanol–water partition coefficient (Wildman–Crippen LogP) is 0.737. The molecular formula is C12H13N3O4. The first kappa shape index (κ1) is 12.9. The van der Waals surface area contributed by atoms with Crippen molar-refractivity contribution in [1.82, 2.24) is 15.3 Å². The van der Waals surface area contributed by atoms with E-state index in [1.54, 1.807) is 13.0 Å². The van der Waals surface area contributed by atoms with Crippen molar-refractivity contribution in [2.75, 3.05) is 0 Å². The molecule has 3 N–H and O–H groups in total. The Kier molecular flexibility index (Phi) is 3.65. The maximum Gasteiger partial charge on any atom is 0.326 e. The van der Waals surface area contributed by atoms with Crippen LogP contribution < -0.4 is 5.32 Å². The van der Waals surface area contributed by atoms with Crippen LogP contribution in [0.5, 0.6) is 0 Å². The number of hydrogen-bond acceptors (Lipinski definition) is 4. The maximum atomic E-state index is 11.8. The molecule has 0 spiro atoms. The third-order valence-corrected chi connectivity index (χ3v) is 2.58. The number of carboxylic acid groups (broad SMARTS) is 1. The number of carbonyl (C=O) groups excluding carboxylic acids is 1. The topological polar surface area (TPSA) is 108 Å². The summed E-state index contributed by atoms with van der Waals surface area (Å²) in [7, 11) is 0. The molecule has 0 bridgehead atoms. The van der Waals surface area contributed by atoms with Crippen LogP contribution in [-0.4, -0.2) is 33.0 Å². The molecule has 19 heavy (non-hydrogen) atoms. The Balaban J connectivity index is 2.04. The average Bonchev–Trinajstić information content (AvgIpc) is 2.99. The van der Waals surface area contributed by atoms with E-state index in [0.717, 1.165) is 0 Å². The molecule has 0 aliphatic heterocycles. The summed E-state index contributed by atoms with van der Waals surface area (Å²) in [4.78, 5) is 29.6. The number of H-pyrrole nitrogens is 1. The van der Waals surface area contributed by atoms with Crippen LogP contribution in [-0.2, 0) is 11.2 Å². The number of aryl methyl sites for hydroxylation is 1. The molecule has 0 saturated carbocycles. The number of nitrogens with one attached hydrogen (secondary N) is 2. The zero-order valence-corrected chi connectivity index (χ0v) is 10.2. The third-order valence-electron chi connectivity index (χ3n) is 2.58. The molecule has 100 valence electrons. The number of furan rings is 1. The summed E-state index contributed by atoms with van der Waals surface area (Å²) in [6.07, 6.45) is 4.40. The number of imidazole rings is 1. The van der Waals surface area contributed by atoms with Crippen molar-refractivity contribution >= 4 is 11.9 Å². The SMILES string of the molecule is Cc1cc(C(=O)N[C@@H](Cc2cnc[nH]2)C(=O)O)co1. The van der Waals surface area contributed by atoms with Crippen LogP contribution in [0.15, 0.2) is 29.3 Å². The molecule has 7 heteroatoms. The van der Waals surface area contributed by atoms with Crippen molar-refractivity contribution in [2.24, 2.45) is 0 Å². The van der Waals surface area contributed by atoms with Gasteiger partial charge < -0.3 is 19.8 Å². The van der Waals surface area contributed by atoms with Crippen molar-refractivity contribution < 1.29 is 19.1 Å². The molecule has 1 atom stereocenters. The highest BCUT2D eigenvalue weighted by Gasteiger charge is 2.22. The summed E-state index contributed by atoms with van der Waals surface area (Å²) >= 11 is 0. The number of aromatic nitrogens is 2. The lowest BCUT2D eigenvalue weighted by atomic mass is 10.1. The summed E-state index contributed by atoms with van der Waals surface area (Å²) < 4.78 is 5.01. The van der Waals surface area contributed by atoms with Gasteiger partial charge in [-0.25, -0.2) is 9.78 Å². The van der Waals surface area contributed by atoms with Gasteiger partial charge in [0.05, 0.1) is 11.9 Å². The van der Waals surface area contributed by atoms with Gasteiger partial charge in [-0.2, -0.15) is 0 Å². The van der Waals surface area contributed by atoms with Crippen molar-refractivity contribution in [1.29, 1.82) is 0 Å². The molecule has 2 rings (SSSR count). The fourth-order valence-electron chi connectivity index (χ4n) is 1.62. The van der Waals surface area contributed by atoms with Crippen LogP contribution >= 0.6 is 0 Å². The first-order valence-electron chi connectivity index (χ1n) is 5.62. The van der Waals surface area contributed by atoms with Gasteiger partial charge in [-0.1, -0.05) is 0 Å². The van der Waals surface area contributed by atoms with E-state index in [2.05, 4.69) is 15.3 Å². The third kappa shape index (κ3) is 3.21. The molecule has 2 heterocycles. The molecule has 0 aliphatic carbocycles. The van der Waals surface area contributed by atoms with Crippen LogP contribution in [0.2, 0.25) is 0 Å². The van der Waals surface area contributed by atoms with E-state index in [1.165, 1.54) is 18.8 Å². The Morgan fingerprint density at radius 1 is 1.58 bits per heavy atom. The molecule has 0 aliphatic rings. The number of carboxylic acids is 1. The van der Waals surface area contributed by atoms with Crippen molar-refractivity contribution in [2.45, 2.75) is 19.4 Å². The first-order chi connectivity index (χ1) is 9.06. The number of aliphatic carboxylic acids is 1. The summed E-state index contributed by atoms with van der Waals surface area (Å²) in [6, 6.07) is 0.521. The lowest BCUT2D eigenvalue weighted by molar-refractivity contribution is -0.139. The van der Waals surface area contributed by atoms with Crippen LogP contribution in [0.25, 0.3) is 0 Å². The van der Waals surface area contributed by atoms with Crippen molar-refractivity contribution in [3.8, 4) is 0 Å². The first-order valence-corrected chi connectivity index (χ1v) is 5.62. The van der Waals surface area contributed by atoms with E-state index in [1.807, 2.05) is 0 Å². The fourth-order valence-corrected chi connectivity index (χ4v) is 1.62. The smallest absolute Gasteiger partial charge is 0.326 e. The summed E-state index contributed by atoms with van der Waals surface area (Å²) in [5.41, 5.74) is 0.935. The summed E-state index contributed by atoms with van der Waals surface area (Å²) in [6.45, 7) is 1.70. The number of carbonyl (C=O) groups is 2. The number of nitrogens with zero attached hydrogens (tertiary/aromatic N) is 1. The number of aromatic amines is 1. The standard InChI is InChI=1S/C12H13N3O4/c1-7-2-8(5-19-7)11(16)15-10(12(17)18)3-9-4-13-6-14-9/h2,4-6,10H,3H2,1H3,(H,13,14)(H,15,16)(H,17,18)/t10-/m0/s1. The quantitative estimate of drug-likeness (QED) is 0.737. The van der Waals surface area contributed by atoms with E-state index < -0.39 is 17.9 Å². The molecular weight excluding hydrogens is 250 g/mol. The molecule has 0 unspecified atom stereocenters. The molecule has 0 radical (unpaired) electrons.